The Morgan fingerprint density at radius 2 is 1.36 bits per heavy atom. The van der Waals surface area contributed by atoms with Gasteiger partial charge in [-0.05, 0) is 96.1 Å². The Bertz CT molecular complexity index is 2790. The lowest BCUT2D eigenvalue weighted by molar-refractivity contribution is 0.746. The molecule has 1 aliphatic heterocycles. The summed E-state index contributed by atoms with van der Waals surface area (Å²) >= 11 is 0. The Hall–Kier alpha value is -7.17. The van der Waals surface area contributed by atoms with Gasteiger partial charge in [0.05, 0.1) is 28.6 Å². The van der Waals surface area contributed by atoms with Crippen molar-refractivity contribution in [3.63, 3.8) is 0 Å². The van der Waals surface area contributed by atoms with Crippen LogP contribution in [-0.4, -0.2) is 9.55 Å². The number of nitrogens with zero attached hydrogens (tertiary/aromatic N) is 3. The molecule has 1 N–H and O–H groups in total. The topological polar surface area (TPSA) is 33.1 Å². The molecule has 262 valence electrons. The minimum Gasteiger partial charge on any atom is -0.381 e. The Balaban J connectivity index is 1.22. The molecule has 0 spiro atoms. The van der Waals surface area contributed by atoms with Crippen molar-refractivity contribution in [3.8, 4) is 39.3 Å². The van der Waals surface area contributed by atoms with Crippen LogP contribution in [0.4, 0.5) is 11.4 Å². The molecule has 0 fully saturated rings. The number of anilines is 2. The molecule has 10 rings (SSSR count). The quantitative estimate of drug-likeness (QED) is 0.187. The number of aryl methyl sites for hydroxylation is 1. The Kier molecular flexibility index (Phi) is 8.07. The van der Waals surface area contributed by atoms with Crippen LogP contribution < -0.4 is 10.2 Å². The molecular weight excluding hydrogens is 669 g/mol. The van der Waals surface area contributed by atoms with Gasteiger partial charge < -0.3 is 14.8 Å². The van der Waals surface area contributed by atoms with E-state index in [4.69, 9.17) is 0 Å². The van der Waals surface area contributed by atoms with Crippen LogP contribution in [0.3, 0.4) is 0 Å². The summed E-state index contributed by atoms with van der Waals surface area (Å²) in [6, 6.07) is 59.3. The second kappa shape index (κ2) is 13.7. The standard InChI is InChI=1S/C51H38N4/c1-35-14-2-8-22-47(35)54(39-28-24-36(25-29-39)45-20-10-12-32-52-45)49-34-38-15-3-4-16-41(38)51-50(43-18-6-5-17-42(43)49)44-19-7-9-23-48(44)55(51)40-30-26-37(27-31-40)46-21-11-13-33-53-46/h2-34,46,53H,1H3/b38-34?,49-34+,49-42?,50-43?,51-41?. The Morgan fingerprint density at radius 3 is 2.15 bits per heavy atom. The van der Waals surface area contributed by atoms with E-state index in [2.05, 4.69) is 197 Å². The lowest BCUT2D eigenvalue weighted by Crippen LogP contribution is -2.18. The minimum absolute atomic E-state index is 0.152. The predicted octanol–water partition coefficient (Wildman–Crippen LogP) is 12.7. The smallest absolute Gasteiger partial charge is 0.0701 e. The van der Waals surface area contributed by atoms with Crippen molar-refractivity contribution in [1.82, 2.24) is 14.9 Å². The third-order valence-electron chi connectivity index (χ3n) is 10.8. The lowest BCUT2D eigenvalue weighted by atomic mass is 9.87. The van der Waals surface area contributed by atoms with Crippen LogP contribution in [0.15, 0.2) is 194 Å². The van der Waals surface area contributed by atoms with Gasteiger partial charge in [0, 0.05) is 50.9 Å². The molecule has 55 heavy (non-hydrogen) atoms. The summed E-state index contributed by atoms with van der Waals surface area (Å²) in [5.74, 6) is 0. The number of nitrogens with one attached hydrogen (secondary N) is 1. The largest absolute Gasteiger partial charge is 0.381 e. The molecule has 3 heterocycles. The summed E-state index contributed by atoms with van der Waals surface area (Å²) in [4.78, 5) is 7.05. The molecule has 0 saturated carbocycles. The monoisotopic (exact) mass is 706 g/mol. The van der Waals surface area contributed by atoms with Crippen molar-refractivity contribution in [2.75, 3.05) is 4.90 Å². The van der Waals surface area contributed by atoms with Gasteiger partial charge in [-0.25, -0.2) is 0 Å². The number of para-hydroxylation sites is 2. The fourth-order valence-corrected chi connectivity index (χ4v) is 8.23. The van der Waals surface area contributed by atoms with E-state index in [1.54, 1.807) is 0 Å². The second-order valence-corrected chi connectivity index (χ2v) is 14.1. The van der Waals surface area contributed by atoms with Crippen molar-refractivity contribution < 1.29 is 0 Å². The molecule has 4 heteroatoms. The van der Waals surface area contributed by atoms with Crippen LogP contribution in [0.2, 0.25) is 0 Å². The predicted molar refractivity (Wildman–Crippen MR) is 229 cm³/mol. The highest BCUT2D eigenvalue weighted by molar-refractivity contribution is 6.12. The highest BCUT2D eigenvalue weighted by Crippen LogP contribution is 2.50. The normalized spacial score (nSPS) is 15.1. The van der Waals surface area contributed by atoms with Gasteiger partial charge in [-0.1, -0.05) is 127 Å². The third-order valence-corrected chi connectivity index (χ3v) is 10.8. The van der Waals surface area contributed by atoms with Gasteiger partial charge in [0.15, 0.2) is 0 Å². The van der Waals surface area contributed by atoms with Crippen molar-refractivity contribution in [2.45, 2.75) is 13.0 Å². The van der Waals surface area contributed by atoms with E-state index in [9.17, 15) is 0 Å². The molecule has 1 unspecified atom stereocenters. The molecule has 1 aliphatic carbocycles. The van der Waals surface area contributed by atoms with Gasteiger partial charge in [0.25, 0.3) is 0 Å². The first-order valence-electron chi connectivity index (χ1n) is 18.8. The first kappa shape index (κ1) is 32.5. The molecule has 1 atom stereocenters. The third kappa shape index (κ3) is 5.67. The fraction of sp³-hybridized carbons (Fsp3) is 0.0392. The number of rotatable bonds is 6. The molecule has 6 aromatic carbocycles. The number of allylic oxidation sites excluding steroid dienone is 2. The van der Waals surface area contributed by atoms with Crippen molar-refractivity contribution in [3.05, 3.63) is 217 Å². The highest BCUT2D eigenvalue weighted by Gasteiger charge is 2.29. The van der Waals surface area contributed by atoms with Gasteiger partial charge in [0.1, 0.15) is 0 Å². The summed E-state index contributed by atoms with van der Waals surface area (Å²) in [7, 11) is 0. The van der Waals surface area contributed by atoms with E-state index in [1.165, 1.54) is 44.4 Å². The summed E-state index contributed by atoms with van der Waals surface area (Å²) in [6.45, 7) is 2.20. The van der Waals surface area contributed by atoms with Gasteiger partial charge in [0.2, 0.25) is 0 Å². The van der Waals surface area contributed by atoms with Crippen molar-refractivity contribution in [1.29, 1.82) is 0 Å². The van der Waals surface area contributed by atoms with E-state index >= 15 is 0 Å². The second-order valence-electron chi connectivity index (χ2n) is 14.1. The van der Waals surface area contributed by atoms with Crippen molar-refractivity contribution >= 4 is 34.1 Å². The van der Waals surface area contributed by atoms with Crippen molar-refractivity contribution in [2.24, 2.45) is 0 Å². The number of benzene rings is 6. The number of hydrogen-bond donors (Lipinski definition) is 1. The number of aromatic nitrogens is 2. The SMILES string of the molecule is Cc1ccccc1N(/C1=C/c2ccccc2-c2c(c3ccccc3n2-c2ccc(C3C=CC=CN3)cc2)-c2ccccc21)c1ccc(-c2ccccn2)cc1. The molecule has 4 nitrogen and oxygen atoms in total. The zero-order valence-corrected chi connectivity index (χ0v) is 30.5. The summed E-state index contributed by atoms with van der Waals surface area (Å²) in [5.41, 5.74) is 17.2. The highest BCUT2D eigenvalue weighted by atomic mass is 15.2. The van der Waals surface area contributed by atoms with Crippen LogP contribution >= 0.6 is 0 Å². The van der Waals surface area contributed by atoms with Gasteiger partial charge in [-0.3, -0.25) is 4.98 Å². The minimum atomic E-state index is 0.152. The number of pyridine rings is 1. The first-order chi connectivity index (χ1) is 27.2. The van der Waals surface area contributed by atoms with E-state index in [1.807, 2.05) is 30.6 Å². The number of fused-ring (bicyclic) bond motifs is 7. The van der Waals surface area contributed by atoms with Crippen LogP contribution in [0.25, 0.3) is 62.0 Å². The molecule has 0 bridgehead atoms. The maximum atomic E-state index is 4.62. The van der Waals surface area contributed by atoms with E-state index < -0.39 is 0 Å². The van der Waals surface area contributed by atoms with Crippen LogP contribution in [0.5, 0.6) is 0 Å². The zero-order valence-electron chi connectivity index (χ0n) is 30.5. The maximum absolute atomic E-state index is 4.62. The van der Waals surface area contributed by atoms with Gasteiger partial charge in [-0.15, -0.1) is 0 Å². The fourth-order valence-electron chi connectivity index (χ4n) is 8.23. The molecule has 2 aliphatic rings. The van der Waals surface area contributed by atoms with Gasteiger partial charge in [-0.2, -0.15) is 0 Å². The molecule has 8 aromatic rings. The molecular formula is C51H38N4. The molecule has 0 saturated heterocycles. The summed E-state index contributed by atoms with van der Waals surface area (Å²) in [5, 5.41) is 4.69. The molecule has 2 aromatic heterocycles. The van der Waals surface area contributed by atoms with Crippen LogP contribution in [-0.2, 0) is 0 Å². The maximum Gasteiger partial charge on any atom is 0.0701 e. The van der Waals surface area contributed by atoms with E-state index in [-0.39, 0.29) is 6.04 Å². The molecule has 0 amide bonds. The average Bonchev–Trinajstić information content (AvgIpc) is 3.59. The van der Waals surface area contributed by atoms with Gasteiger partial charge >= 0.3 is 0 Å². The van der Waals surface area contributed by atoms with Crippen LogP contribution in [0.1, 0.15) is 28.3 Å². The summed E-state index contributed by atoms with van der Waals surface area (Å²) in [6.07, 6.45) is 12.6. The Morgan fingerprint density at radius 1 is 0.636 bits per heavy atom. The average molecular weight is 707 g/mol. The summed E-state index contributed by atoms with van der Waals surface area (Å²) < 4.78 is 2.46. The first-order valence-corrected chi connectivity index (χ1v) is 18.8. The molecule has 0 radical (unpaired) electrons. The lowest BCUT2D eigenvalue weighted by Gasteiger charge is -2.32. The zero-order chi connectivity index (χ0) is 36.7. The van der Waals surface area contributed by atoms with E-state index in [0.29, 0.717) is 0 Å². The Labute approximate surface area is 321 Å². The van der Waals surface area contributed by atoms with Crippen LogP contribution in [0, 0.1) is 6.92 Å². The van der Waals surface area contributed by atoms with E-state index in [0.717, 1.165) is 45.1 Å². The number of hydrogen-bond acceptors (Lipinski definition) is 3. The number of dihydropyridines is 1.